The number of nitrogens with zero attached hydrogens (tertiary/aromatic N) is 2. The number of carbonyl (C=O) groups is 2. The van der Waals surface area contributed by atoms with E-state index >= 15 is 0 Å². The molecule has 0 fully saturated rings. The molecular formula is C21H17F4N5O2. The van der Waals surface area contributed by atoms with Crippen molar-refractivity contribution in [3.8, 4) is 0 Å². The lowest BCUT2D eigenvalue weighted by molar-refractivity contribution is -0.137. The van der Waals surface area contributed by atoms with E-state index in [0.29, 0.717) is 17.3 Å². The topological polar surface area (TPSA) is 124 Å². The number of hydrogen-bond donors (Lipinski definition) is 3. The fourth-order valence-corrected chi connectivity index (χ4v) is 2.93. The molecule has 0 radical (unpaired) electrons. The van der Waals surface area contributed by atoms with Gasteiger partial charge in [-0.1, -0.05) is 12.1 Å². The number of nitrogen functional groups attached to an aromatic ring is 1. The van der Waals surface area contributed by atoms with E-state index in [4.69, 9.17) is 11.5 Å². The standard InChI is InChI=1S/C21H17F4N5O2/c22-15-6-12(5-14(8-15)21(23,24)25)9-29-20(32)13-3-1-2-11(4-13)7-16-10-28-18(26)17(30-16)19(27)31/h1-6,8,10H,7,9H2,(H2,26,28)(H2,27,31)(H,29,32). The molecule has 166 valence electrons. The van der Waals surface area contributed by atoms with E-state index in [9.17, 15) is 27.2 Å². The van der Waals surface area contributed by atoms with Crippen molar-refractivity contribution in [1.82, 2.24) is 15.3 Å². The van der Waals surface area contributed by atoms with E-state index < -0.39 is 29.4 Å². The first-order chi connectivity index (χ1) is 15.0. The lowest BCUT2D eigenvalue weighted by atomic mass is 10.1. The van der Waals surface area contributed by atoms with Gasteiger partial charge < -0.3 is 16.8 Å². The SMILES string of the molecule is NC(=O)c1nc(Cc2cccc(C(=O)NCc3cc(F)cc(C(F)(F)F)c3)c2)cnc1N. The molecule has 7 nitrogen and oxygen atoms in total. The molecule has 0 saturated carbocycles. The summed E-state index contributed by atoms with van der Waals surface area (Å²) in [5.74, 6) is -2.53. The average Bonchev–Trinajstić information content (AvgIpc) is 2.72. The molecule has 2 aromatic carbocycles. The van der Waals surface area contributed by atoms with Gasteiger partial charge in [-0.2, -0.15) is 13.2 Å². The molecule has 0 aliphatic heterocycles. The second-order valence-electron chi connectivity index (χ2n) is 6.87. The minimum Gasteiger partial charge on any atom is -0.382 e. The first-order valence-corrected chi connectivity index (χ1v) is 9.18. The monoisotopic (exact) mass is 447 g/mol. The number of benzene rings is 2. The largest absolute Gasteiger partial charge is 0.416 e. The molecular weight excluding hydrogens is 430 g/mol. The molecule has 1 aromatic heterocycles. The molecule has 0 atom stereocenters. The summed E-state index contributed by atoms with van der Waals surface area (Å²) in [7, 11) is 0. The maximum Gasteiger partial charge on any atom is 0.416 e. The minimum atomic E-state index is -4.70. The highest BCUT2D eigenvalue weighted by Gasteiger charge is 2.31. The Balaban J connectivity index is 1.72. The summed E-state index contributed by atoms with van der Waals surface area (Å²) in [5, 5.41) is 2.47. The Morgan fingerprint density at radius 1 is 1.06 bits per heavy atom. The third-order valence-corrected chi connectivity index (χ3v) is 4.40. The number of rotatable bonds is 6. The van der Waals surface area contributed by atoms with Crippen molar-refractivity contribution in [2.24, 2.45) is 5.73 Å². The van der Waals surface area contributed by atoms with Gasteiger partial charge in [-0.25, -0.2) is 14.4 Å². The van der Waals surface area contributed by atoms with Crippen LogP contribution in [-0.2, 0) is 19.1 Å². The van der Waals surface area contributed by atoms with Crippen molar-refractivity contribution in [2.45, 2.75) is 19.1 Å². The minimum absolute atomic E-state index is 0.0297. The van der Waals surface area contributed by atoms with Crippen LogP contribution in [-0.4, -0.2) is 21.8 Å². The average molecular weight is 447 g/mol. The van der Waals surface area contributed by atoms with Gasteiger partial charge in [0.05, 0.1) is 17.5 Å². The third-order valence-electron chi connectivity index (χ3n) is 4.40. The second kappa shape index (κ2) is 9.00. The van der Waals surface area contributed by atoms with Gasteiger partial charge in [0.2, 0.25) is 0 Å². The number of anilines is 1. The predicted molar refractivity (Wildman–Crippen MR) is 107 cm³/mol. The van der Waals surface area contributed by atoms with Crippen molar-refractivity contribution in [1.29, 1.82) is 0 Å². The van der Waals surface area contributed by atoms with Gasteiger partial charge in [0.25, 0.3) is 11.8 Å². The van der Waals surface area contributed by atoms with Gasteiger partial charge in [-0.3, -0.25) is 9.59 Å². The van der Waals surface area contributed by atoms with E-state index in [-0.39, 0.29) is 35.6 Å². The van der Waals surface area contributed by atoms with Crippen molar-refractivity contribution < 1.29 is 27.2 Å². The molecule has 5 N–H and O–H groups in total. The number of carbonyl (C=O) groups excluding carboxylic acids is 2. The van der Waals surface area contributed by atoms with Crippen LogP contribution in [0.5, 0.6) is 0 Å². The number of amides is 2. The normalized spacial score (nSPS) is 11.2. The van der Waals surface area contributed by atoms with Crippen LogP contribution in [0.4, 0.5) is 23.4 Å². The molecule has 3 aromatic rings. The van der Waals surface area contributed by atoms with Gasteiger partial charge >= 0.3 is 6.18 Å². The number of nitrogens with two attached hydrogens (primary N) is 2. The summed E-state index contributed by atoms with van der Waals surface area (Å²) < 4.78 is 52.0. The summed E-state index contributed by atoms with van der Waals surface area (Å²) in [6.45, 7) is -0.296. The van der Waals surface area contributed by atoms with Crippen LogP contribution in [0.3, 0.4) is 0 Å². The molecule has 0 unspecified atom stereocenters. The molecule has 0 bridgehead atoms. The Kier molecular flexibility index (Phi) is 6.37. The van der Waals surface area contributed by atoms with Crippen LogP contribution < -0.4 is 16.8 Å². The van der Waals surface area contributed by atoms with E-state index in [0.717, 1.165) is 12.1 Å². The smallest absolute Gasteiger partial charge is 0.382 e. The summed E-state index contributed by atoms with van der Waals surface area (Å²) in [6.07, 6.45) is -3.11. The Bertz CT molecular complexity index is 1180. The van der Waals surface area contributed by atoms with Crippen LogP contribution >= 0.6 is 0 Å². The molecule has 11 heteroatoms. The highest BCUT2D eigenvalue weighted by molar-refractivity contribution is 5.95. The second-order valence-corrected chi connectivity index (χ2v) is 6.87. The molecule has 1 heterocycles. The number of hydrogen-bond acceptors (Lipinski definition) is 5. The molecule has 32 heavy (non-hydrogen) atoms. The predicted octanol–water partition coefficient (Wildman–Crippen LogP) is 2.84. The van der Waals surface area contributed by atoms with Crippen LogP contribution in [0, 0.1) is 5.82 Å². The number of primary amides is 1. The van der Waals surface area contributed by atoms with Gasteiger partial charge in [0.1, 0.15) is 5.82 Å². The molecule has 3 rings (SSSR count). The van der Waals surface area contributed by atoms with Crippen LogP contribution in [0.15, 0.2) is 48.7 Å². The Morgan fingerprint density at radius 3 is 2.50 bits per heavy atom. The quantitative estimate of drug-likeness (QED) is 0.502. The number of aromatic nitrogens is 2. The third kappa shape index (κ3) is 5.56. The van der Waals surface area contributed by atoms with Crippen molar-refractivity contribution in [3.05, 3.63) is 88.1 Å². The van der Waals surface area contributed by atoms with E-state index in [1.165, 1.54) is 12.3 Å². The Labute approximate surface area is 179 Å². The first kappa shape index (κ1) is 22.7. The summed E-state index contributed by atoms with van der Waals surface area (Å²) in [5.41, 5.74) is 10.7. The Morgan fingerprint density at radius 2 is 1.81 bits per heavy atom. The van der Waals surface area contributed by atoms with E-state index in [2.05, 4.69) is 15.3 Å². The van der Waals surface area contributed by atoms with Gasteiger partial charge in [0, 0.05) is 18.5 Å². The number of halogens is 4. The van der Waals surface area contributed by atoms with Crippen LogP contribution in [0.1, 0.15) is 43.2 Å². The zero-order valence-corrected chi connectivity index (χ0v) is 16.4. The zero-order chi connectivity index (χ0) is 23.5. The van der Waals surface area contributed by atoms with Crippen molar-refractivity contribution in [2.75, 3.05) is 5.73 Å². The first-order valence-electron chi connectivity index (χ1n) is 9.18. The lowest BCUT2D eigenvalue weighted by Crippen LogP contribution is -2.23. The Hall–Kier alpha value is -4.02. The van der Waals surface area contributed by atoms with Crippen molar-refractivity contribution >= 4 is 17.6 Å². The highest BCUT2D eigenvalue weighted by atomic mass is 19.4. The van der Waals surface area contributed by atoms with Crippen LogP contribution in [0.2, 0.25) is 0 Å². The fraction of sp³-hybridized carbons (Fsp3) is 0.143. The molecule has 2 amide bonds. The van der Waals surface area contributed by atoms with E-state index in [1.54, 1.807) is 18.2 Å². The van der Waals surface area contributed by atoms with Gasteiger partial charge in [-0.05, 0) is 41.5 Å². The van der Waals surface area contributed by atoms with Crippen LogP contribution in [0.25, 0.3) is 0 Å². The van der Waals surface area contributed by atoms with Crippen molar-refractivity contribution in [3.63, 3.8) is 0 Å². The zero-order valence-electron chi connectivity index (χ0n) is 16.4. The summed E-state index contributed by atoms with van der Waals surface area (Å²) >= 11 is 0. The number of nitrogens with one attached hydrogen (secondary N) is 1. The lowest BCUT2D eigenvalue weighted by Gasteiger charge is -2.11. The maximum absolute atomic E-state index is 13.5. The van der Waals surface area contributed by atoms with E-state index in [1.807, 2.05) is 0 Å². The molecule has 0 aliphatic rings. The highest BCUT2D eigenvalue weighted by Crippen LogP contribution is 2.30. The molecule has 0 spiro atoms. The maximum atomic E-state index is 13.5. The molecule has 0 saturated heterocycles. The number of alkyl halides is 3. The summed E-state index contributed by atoms with van der Waals surface area (Å²) in [6, 6.07) is 8.45. The van der Waals surface area contributed by atoms with Gasteiger partial charge in [0.15, 0.2) is 11.5 Å². The summed E-state index contributed by atoms with van der Waals surface area (Å²) in [4.78, 5) is 31.7. The fourth-order valence-electron chi connectivity index (χ4n) is 2.93. The van der Waals surface area contributed by atoms with Gasteiger partial charge in [-0.15, -0.1) is 0 Å². The molecule has 0 aliphatic carbocycles.